The Labute approximate surface area is 101 Å². The summed E-state index contributed by atoms with van der Waals surface area (Å²) in [6.45, 7) is 0. The van der Waals surface area contributed by atoms with Gasteiger partial charge in [-0.25, -0.2) is 14.4 Å². The summed E-state index contributed by atoms with van der Waals surface area (Å²) in [5.41, 5.74) is 0.262. The Bertz CT molecular complexity index is 548. The molecule has 0 radical (unpaired) electrons. The first-order valence-electron chi connectivity index (χ1n) is 4.68. The summed E-state index contributed by atoms with van der Waals surface area (Å²) < 4.78 is 13.4. The predicted octanol–water partition coefficient (Wildman–Crippen LogP) is 2.52. The predicted molar refractivity (Wildman–Crippen MR) is 61.4 cm³/mol. The fourth-order valence-corrected chi connectivity index (χ4v) is 1.41. The van der Waals surface area contributed by atoms with Crippen LogP contribution in [0.4, 0.5) is 10.1 Å². The third-order valence-corrected chi connectivity index (χ3v) is 2.23. The molecule has 1 amide bonds. The molecular formula is C11H7ClFN3O. The second-order valence-corrected chi connectivity index (χ2v) is 3.64. The lowest BCUT2D eigenvalue weighted by molar-refractivity contribution is 0.102. The zero-order valence-electron chi connectivity index (χ0n) is 8.52. The van der Waals surface area contributed by atoms with Gasteiger partial charge in [-0.15, -0.1) is 0 Å². The molecule has 0 aliphatic heterocycles. The number of benzene rings is 1. The number of hydrogen-bond acceptors (Lipinski definition) is 3. The van der Waals surface area contributed by atoms with E-state index < -0.39 is 11.7 Å². The smallest absolute Gasteiger partial charge is 0.258 e. The minimum Gasteiger partial charge on any atom is -0.319 e. The van der Waals surface area contributed by atoms with E-state index in [-0.39, 0.29) is 5.56 Å². The number of nitrogens with zero attached hydrogens (tertiary/aromatic N) is 2. The molecule has 1 heterocycles. The number of aromatic nitrogens is 2. The Morgan fingerprint density at radius 3 is 2.71 bits per heavy atom. The van der Waals surface area contributed by atoms with Crippen LogP contribution < -0.4 is 5.32 Å². The molecule has 2 aromatic rings. The Morgan fingerprint density at radius 1 is 1.29 bits per heavy atom. The number of carbonyl (C=O) groups is 1. The van der Waals surface area contributed by atoms with Crippen molar-refractivity contribution in [3.63, 3.8) is 0 Å². The van der Waals surface area contributed by atoms with Crippen LogP contribution >= 0.6 is 11.6 Å². The van der Waals surface area contributed by atoms with E-state index in [2.05, 4.69) is 15.3 Å². The molecule has 0 bridgehead atoms. The van der Waals surface area contributed by atoms with Crippen LogP contribution in [0.25, 0.3) is 0 Å². The summed E-state index contributed by atoms with van der Waals surface area (Å²) in [6.07, 6.45) is 4.15. The van der Waals surface area contributed by atoms with Gasteiger partial charge in [0.15, 0.2) is 0 Å². The van der Waals surface area contributed by atoms with Gasteiger partial charge < -0.3 is 5.32 Å². The monoisotopic (exact) mass is 251 g/mol. The average molecular weight is 252 g/mol. The molecular weight excluding hydrogens is 245 g/mol. The van der Waals surface area contributed by atoms with Crippen LogP contribution in [-0.4, -0.2) is 15.9 Å². The number of nitrogens with one attached hydrogen (secondary N) is 1. The molecule has 0 atom stereocenters. The highest BCUT2D eigenvalue weighted by atomic mass is 35.5. The van der Waals surface area contributed by atoms with E-state index in [1.54, 1.807) is 0 Å². The molecule has 2 rings (SSSR count). The standard InChI is InChI=1S/C11H7ClFN3O/c12-7-1-2-10(13)9(3-7)11(17)16-8-4-14-6-15-5-8/h1-6H,(H,16,17). The molecule has 6 heteroatoms. The first-order chi connectivity index (χ1) is 8.16. The first-order valence-corrected chi connectivity index (χ1v) is 5.06. The number of amides is 1. The van der Waals surface area contributed by atoms with Crippen molar-refractivity contribution in [3.8, 4) is 0 Å². The highest BCUT2D eigenvalue weighted by Gasteiger charge is 2.12. The van der Waals surface area contributed by atoms with Crippen LogP contribution in [0.3, 0.4) is 0 Å². The number of halogens is 2. The number of rotatable bonds is 2. The SMILES string of the molecule is O=C(Nc1cncnc1)c1cc(Cl)ccc1F. The molecule has 0 fully saturated rings. The zero-order valence-corrected chi connectivity index (χ0v) is 9.28. The van der Waals surface area contributed by atoms with Crippen LogP contribution in [0, 0.1) is 5.82 Å². The molecule has 0 aliphatic rings. The van der Waals surface area contributed by atoms with Crippen LogP contribution in [0.1, 0.15) is 10.4 Å². The van der Waals surface area contributed by atoms with Crippen LogP contribution in [0.2, 0.25) is 5.02 Å². The first kappa shape index (κ1) is 11.5. The van der Waals surface area contributed by atoms with Gasteiger partial charge in [0.25, 0.3) is 5.91 Å². The van der Waals surface area contributed by atoms with Crippen LogP contribution in [0.5, 0.6) is 0 Å². The van der Waals surface area contributed by atoms with Crippen molar-refractivity contribution in [1.29, 1.82) is 0 Å². The van der Waals surface area contributed by atoms with Crippen LogP contribution in [0.15, 0.2) is 36.9 Å². The Hall–Kier alpha value is -2.01. The van der Waals surface area contributed by atoms with Crippen molar-refractivity contribution in [2.75, 3.05) is 5.32 Å². The summed E-state index contributed by atoms with van der Waals surface area (Å²) in [7, 11) is 0. The summed E-state index contributed by atoms with van der Waals surface area (Å²) >= 11 is 5.69. The van der Waals surface area contributed by atoms with Gasteiger partial charge in [-0.2, -0.15) is 0 Å². The van der Waals surface area contributed by atoms with E-state index in [1.807, 2.05) is 0 Å². The number of anilines is 1. The lowest BCUT2D eigenvalue weighted by Gasteiger charge is -2.05. The van der Waals surface area contributed by atoms with Gasteiger partial charge >= 0.3 is 0 Å². The molecule has 1 aromatic heterocycles. The minimum absolute atomic E-state index is 0.124. The fraction of sp³-hybridized carbons (Fsp3) is 0. The molecule has 86 valence electrons. The van der Waals surface area contributed by atoms with Gasteiger partial charge in [-0.3, -0.25) is 4.79 Å². The van der Waals surface area contributed by atoms with Crippen molar-refractivity contribution >= 4 is 23.2 Å². The maximum Gasteiger partial charge on any atom is 0.258 e. The zero-order chi connectivity index (χ0) is 12.3. The van der Waals surface area contributed by atoms with Crippen molar-refractivity contribution < 1.29 is 9.18 Å². The van der Waals surface area contributed by atoms with E-state index in [1.165, 1.54) is 30.9 Å². The lowest BCUT2D eigenvalue weighted by atomic mass is 10.2. The van der Waals surface area contributed by atoms with E-state index in [4.69, 9.17) is 11.6 Å². The highest BCUT2D eigenvalue weighted by molar-refractivity contribution is 6.31. The summed E-state index contributed by atoms with van der Waals surface area (Å²) in [4.78, 5) is 19.2. The lowest BCUT2D eigenvalue weighted by Crippen LogP contribution is -2.14. The largest absolute Gasteiger partial charge is 0.319 e. The molecule has 0 saturated heterocycles. The van der Waals surface area contributed by atoms with Crippen LogP contribution in [-0.2, 0) is 0 Å². The summed E-state index contributed by atoms with van der Waals surface area (Å²) in [6, 6.07) is 3.77. The van der Waals surface area contributed by atoms with Gasteiger partial charge in [0.2, 0.25) is 0 Å². The second-order valence-electron chi connectivity index (χ2n) is 3.21. The molecule has 17 heavy (non-hydrogen) atoms. The third kappa shape index (κ3) is 2.76. The molecule has 4 nitrogen and oxygen atoms in total. The Balaban J connectivity index is 2.23. The van der Waals surface area contributed by atoms with Crippen molar-refractivity contribution in [2.24, 2.45) is 0 Å². The van der Waals surface area contributed by atoms with E-state index in [0.717, 1.165) is 6.07 Å². The Kier molecular flexibility index (Phi) is 3.30. The quantitative estimate of drug-likeness (QED) is 0.892. The van der Waals surface area contributed by atoms with E-state index in [9.17, 15) is 9.18 Å². The van der Waals surface area contributed by atoms with Crippen molar-refractivity contribution in [2.45, 2.75) is 0 Å². The number of hydrogen-bond donors (Lipinski definition) is 1. The highest BCUT2D eigenvalue weighted by Crippen LogP contribution is 2.16. The van der Waals surface area contributed by atoms with Gasteiger partial charge in [-0.1, -0.05) is 11.6 Å². The van der Waals surface area contributed by atoms with Gasteiger partial charge in [-0.05, 0) is 18.2 Å². The van der Waals surface area contributed by atoms with Gasteiger partial charge in [0.05, 0.1) is 23.6 Å². The summed E-state index contributed by atoms with van der Waals surface area (Å²) in [5.74, 6) is -1.23. The van der Waals surface area contributed by atoms with E-state index >= 15 is 0 Å². The number of carbonyl (C=O) groups excluding carboxylic acids is 1. The topological polar surface area (TPSA) is 54.9 Å². The minimum atomic E-state index is -0.635. The van der Waals surface area contributed by atoms with E-state index in [0.29, 0.717) is 10.7 Å². The van der Waals surface area contributed by atoms with Gasteiger partial charge in [0.1, 0.15) is 12.1 Å². The fourth-order valence-electron chi connectivity index (χ4n) is 1.23. The van der Waals surface area contributed by atoms with Gasteiger partial charge in [0, 0.05) is 5.02 Å². The molecule has 0 spiro atoms. The molecule has 1 N–H and O–H groups in total. The molecule has 0 saturated carbocycles. The molecule has 1 aromatic carbocycles. The maximum atomic E-state index is 13.4. The summed E-state index contributed by atoms with van der Waals surface area (Å²) in [5, 5.41) is 2.76. The normalized spacial score (nSPS) is 10.0. The second kappa shape index (κ2) is 4.88. The van der Waals surface area contributed by atoms with Crippen molar-refractivity contribution in [1.82, 2.24) is 9.97 Å². The average Bonchev–Trinajstić information content (AvgIpc) is 2.33. The maximum absolute atomic E-state index is 13.4. The molecule has 0 unspecified atom stereocenters. The third-order valence-electron chi connectivity index (χ3n) is 1.99. The van der Waals surface area contributed by atoms with Crippen molar-refractivity contribution in [3.05, 3.63) is 53.3 Å². The molecule has 0 aliphatic carbocycles. The Morgan fingerprint density at radius 2 is 2.00 bits per heavy atom.